The lowest BCUT2D eigenvalue weighted by molar-refractivity contribution is 0.0376. The van der Waals surface area contributed by atoms with Gasteiger partial charge in [0.15, 0.2) is 10.9 Å². The molecule has 9 heteroatoms. The van der Waals surface area contributed by atoms with Crippen LogP contribution in [0, 0.1) is 11.6 Å². The van der Waals surface area contributed by atoms with Crippen LogP contribution in [0.3, 0.4) is 0 Å². The normalized spacial score (nSPS) is 14.9. The van der Waals surface area contributed by atoms with Gasteiger partial charge < -0.3 is 4.74 Å². The highest BCUT2D eigenvalue weighted by Crippen LogP contribution is 2.32. The SMILES string of the molecule is O=C(c1ccc(Br)cc1)N(CCCN1CCOCC1)c1nc2c(F)cc(F)cc2s1. The number of nitrogens with zero attached hydrogens (tertiary/aromatic N) is 3. The third-order valence-electron chi connectivity index (χ3n) is 4.93. The van der Waals surface area contributed by atoms with Crippen molar-refractivity contribution in [1.82, 2.24) is 9.88 Å². The van der Waals surface area contributed by atoms with E-state index >= 15 is 0 Å². The fourth-order valence-corrected chi connectivity index (χ4v) is 4.66. The van der Waals surface area contributed by atoms with Crippen molar-refractivity contribution >= 4 is 48.5 Å². The Kier molecular flexibility index (Phi) is 6.72. The first-order valence-corrected chi connectivity index (χ1v) is 11.3. The molecule has 0 spiro atoms. The number of ether oxygens (including phenoxy) is 1. The van der Waals surface area contributed by atoms with E-state index < -0.39 is 11.6 Å². The molecule has 0 atom stereocenters. The number of hydrogen-bond acceptors (Lipinski definition) is 5. The van der Waals surface area contributed by atoms with Crippen LogP contribution in [-0.2, 0) is 4.74 Å². The quantitative estimate of drug-likeness (QED) is 0.496. The zero-order valence-electron chi connectivity index (χ0n) is 16.1. The number of anilines is 1. The number of halogens is 3. The van der Waals surface area contributed by atoms with Gasteiger partial charge in [0.05, 0.1) is 17.9 Å². The number of carbonyl (C=O) groups excluding carboxylic acids is 1. The highest BCUT2D eigenvalue weighted by molar-refractivity contribution is 9.10. The van der Waals surface area contributed by atoms with Crippen molar-refractivity contribution in [3.8, 4) is 0 Å². The number of morpholine rings is 1. The molecule has 0 radical (unpaired) electrons. The molecule has 0 N–H and O–H groups in total. The summed E-state index contributed by atoms with van der Waals surface area (Å²) in [6.07, 6.45) is 0.731. The number of carbonyl (C=O) groups is 1. The van der Waals surface area contributed by atoms with Gasteiger partial charge in [-0.15, -0.1) is 0 Å². The van der Waals surface area contributed by atoms with Gasteiger partial charge in [0, 0.05) is 42.3 Å². The summed E-state index contributed by atoms with van der Waals surface area (Å²) in [6.45, 7) is 4.41. The van der Waals surface area contributed by atoms with Crippen LogP contribution in [0.1, 0.15) is 16.8 Å². The van der Waals surface area contributed by atoms with E-state index in [0.717, 1.165) is 47.9 Å². The number of amides is 1. The summed E-state index contributed by atoms with van der Waals surface area (Å²) in [6, 6.07) is 9.11. The largest absolute Gasteiger partial charge is 0.379 e. The lowest BCUT2D eigenvalue weighted by Crippen LogP contribution is -2.39. The summed E-state index contributed by atoms with van der Waals surface area (Å²) in [7, 11) is 0. The van der Waals surface area contributed by atoms with Crippen LogP contribution in [0.2, 0.25) is 0 Å². The van der Waals surface area contributed by atoms with Crippen molar-refractivity contribution in [3.05, 3.63) is 58.1 Å². The molecular formula is C21H20BrF2N3O2S. The molecule has 1 aliphatic rings. The number of rotatable bonds is 6. The van der Waals surface area contributed by atoms with Crippen molar-refractivity contribution in [3.63, 3.8) is 0 Å². The number of benzene rings is 2. The van der Waals surface area contributed by atoms with Crippen LogP contribution in [-0.4, -0.2) is 55.2 Å². The highest BCUT2D eigenvalue weighted by Gasteiger charge is 2.23. The summed E-state index contributed by atoms with van der Waals surface area (Å²) in [5, 5.41) is 0.365. The molecule has 4 rings (SSSR count). The van der Waals surface area contributed by atoms with Crippen molar-refractivity contribution in [2.45, 2.75) is 6.42 Å². The summed E-state index contributed by atoms with van der Waals surface area (Å²) in [4.78, 5) is 21.4. The van der Waals surface area contributed by atoms with E-state index in [1.807, 2.05) is 0 Å². The second-order valence-corrected chi connectivity index (χ2v) is 8.93. The van der Waals surface area contributed by atoms with Crippen LogP contribution in [0.5, 0.6) is 0 Å². The van der Waals surface area contributed by atoms with Crippen LogP contribution in [0.25, 0.3) is 10.2 Å². The standard InChI is InChI=1S/C21H20BrF2N3O2S/c22-15-4-2-14(3-5-15)20(28)27(7-1-6-26-8-10-29-11-9-26)21-25-19-17(24)12-16(23)13-18(19)30-21/h2-5,12-13H,1,6-11H2. The Morgan fingerprint density at radius 3 is 2.67 bits per heavy atom. The summed E-state index contributed by atoms with van der Waals surface area (Å²) in [5.41, 5.74) is 0.591. The summed E-state index contributed by atoms with van der Waals surface area (Å²) < 4.78 is 34.4. The Labute approximate surface area is 185 Å². The summed E-state index contributed by atoms with van der Waals surface area (Å²) in [5.74, 6) is -1.60. The predicted molar refractivity (Wildman–Crippen MR) is 117 cm³/mol. The van der Waals surface area contributed by atoms with Crippen molar-refractivity contribution < 1.29 is 18.3 Å². The average Bonchev–Trinajstić information content (AvgIpc) is 3.16. The molecular weight excluding hydrogens is 476 g/mol. The maximum Gasteiger partial charge on any atom is 0.260 e. The Morgan fingerprint density at radius 1 is 1.20 bits per heavy atom. The van der Waals surface area contributed by atoms with E-state index in [9.17, 15) is 13.6 Å². The fourth-order valence-electron chi connectivity index (χ4n) is 3.37. The van der Waals surface area contributed by atoms with E-state index in [4.69, 9.17) is 4.74 Å². The Balaban J connectivity index is 1.59. The molecule has 0 unspecified atom stereocenters. The van der Waals surface area contributed by atoms with Gasteiger partial charge in [-0.25, -0.2) is 13.8 Å². The van der Waals surface area contributed by atoms with Gasteiger partial charge in [-0.2, -0.15) is 0 Å². The fraction of sp³-hybridized carbons (Fsp3) is 0.333. The maximum atomic E-state index is 14.2. The van der Waals surface area contributed by atoms with Gasteiger partial charge in [-0.05, 0) is 36.8 Å². The molecule has 1 amide bonds. The molecule has 0 bridgehead atoms. The van der Waals surface area contributed by atoms with E-state index in [1.165, 1.54) is 6.07 Å². The molecule has 30 heavy (non-hydrogen) atoms. The van der Waals surface area contributed by atoms with E-state index in [2.05, 4.69) is 25.8 Å². The molecule has 5 nitrogen and oxygen atoms in total. The number of fused-ring (bicyclic) bond motifs is 1. The maximum absolute atomic E-state index is 14.2. The molecule has 0 saturated carbocycles. The van der Waals surface area contributed by atoms with Gasteiger partial charge in [0.2, 0.25) is 0 Å². The summed E-state index contributed by atoms with van der Waals surface area (Å²) >= 11 is 4.49. The smallest absolute Gasteiger partial charge is 0.260 e. The molecule has 3 aromatic rings. The zero-order valence-corrected chi connectivity index (χ0v) is 18.5. The number of aromatic nitrogens is 1. The van der Waals surface area contributed by atoms with Crippen LogP contribution >= 0.6 is 27.3 Å². The first-order chi connectivity index (χ1) is 14.5. The predicted octanol–water partition coefficient (Wildman–Crippen LogP) is 4.71. The minimum Gasteiger partial charge on any atom is -0.379 e. The van der Waals surface area contributed by atoms with E-state index in [-0.39, 0.29) is 11.4 Å². The van der Waals surface area contributed by atoms with Crippen LogP contribution < -0.4 is 4.90 Å². The monoisotopic (exact) mass is 495 g/mol. The van der Waals surface area contributed by atoms with Crippen molar-refractivity contribution in [1.29, 1.82) is 0 Å². The Hall–Kier alpha value is -1.94. The number of thiazole rings is 1. The lowest BCUT2D eigenvalue weighted by atomic mass is 10.2. The van der Waals surface area contributed by atoms with Gasteiger partial charge in [-0.3, -0.25) is 14.6 Å². The molecule has 1 aliphatic heterocycles. The van der Waals surface area contributed by atoms with Gasteiger partial charge >= 0.3 is 0 Å². The van der Waals surface area contributed by atoms with Gasteiger partial charge in [0.25, 0.3) is 5.91 Å². The third-order valence-corrected chi connectivity index (χ3v) is 6.48. The second kappa shape index (κ2) is 9.47. The Bertz CT molecular complexity index is 1040. The molecule has 1 saturated heterocycles. The second-order valence-electron chi connectivity index (χ2n) is 7.00. The minimum absolute atomic E-state index is 0.0817. The zero-order chi connectivity index (χ0) is 21.1. The molecule has 1 aromatic heterocycles. The van der Waals surface area contributed by atoms with Crippen molar-refractivity contribution in [2.24, 2.45) is 0 Å². The highest BCUT2D eigenvalue weighted by atomic mass is 79.9. The molecule has 2 aromatic carbocycles. The van der Waals surface area contributed by atoms with Crippen LogP contribution in [0.4, 0.5) is 13.9 Å². The molecule has 0 aliphatic carbocycles. The van der Waals surface area contributed by atoms with E-state index in [0.29, 0.717) is 35.2 Å². The van der Waals surface area contributed by atoms with Gasteiger partial charge in [0.1, 0.15) is 11.3 Å². The minimum atomic E-state index is -0.725. The average molecular weight is 496 g/mol. The topological polar surface area (TPSA) is 45.7 Å². The van der Waals surface area contributed by atoms with E-state index in [1.54, 1.807) is 29.2 Å². The third kappa shape index (κ3) is 4.85. The molecule has 1 fully saturated rings. The number of hydrogen-bond donors (Lipinski definition) is 0. The van der Waals surface area contributed by atoms with Crippen LogP contribution in [0.15, 0.2) is 40.9 Å². The molecule has 2 heterocycles. The molecule has 158 valence electrons. The first-order valence-electron chi connectivity index (χ1n) is 9.64. The Morgan fingerprint density at radius 2 is 1.93 bits per heavy atom. The lowest BCUT2D eigenvalue weighted by Gasteiger charge is -2.27. The van der Waals surface area contributed by atoms with Crippen molar-refractivity contribution in [2.75, 3.05) is 44.3 Å². The van der Waals surface area contributed by atoms with Gasteiger partial charge in [-0.1, -0.05) is 27.3 Å². The first kappa shape index (κ1) is 21.3.